The quantitative estimate of drug-likeness (QED) is 0.480. The molecule has 0 aliphatic carbocycles. The molecule has 1 heterocycles. The molecule has 6 nitrogen and oxygen atoms in total. The predicted octanol–water partition coefficient (Wildman–Crippen LogP) is 4.42. The van der Waals surface area contributed by atoms with Gasteiger partial charge in [0, 0.05) is 12.6 Å². The van der Waals surface area contributed by atoms with Crippen LogP contribution in [0.5, 0.6) is 17.2 Å². The number of hydrogen-bond donors (Lipinski definition) is 1. The number of carbonyl (C=O) groups excluding carboxylic acids is 1. The van der Waals surface area contributed by atoms with E-state index in [1.807, 2.05) is 30.3 Å². The highest BCUT2D eigenvalue weighted by atomic mass is 19.1. The lowest BCUT2D eigenvalue weighted by molar-refractivity contribution is -0.123. The zero-order valence-corrected chi connectivity index (χ0v) is 16.3. The third-order valence-electron chi connectivity index (χ3n) is 4.46. The van der Waals surface area contributed by atoms with E-state index in [-0.39, 0.29) is 23.7 Å². The number of carbonyl (C=O) groups is 1. The van der Waals surface area contributed by atoms with Gasteiger partial charge in [-0.1, -0.05) is 30.3 Å². The summed E-state index contributed by atoms with van der Waals surface area (Å²) in [7, 11) is 0. The zero-order chi connectivity index (χ0) is 21.6. The van der Waals surface area contributed by atoms with Crippen LogP contribution in [0.1, 0.15) is 5.56 Å². The van der Waals surface area contributed by atoms with Gasteiger partial charge in [0.05, 0.1) is 5.39 Å². The molecule has 0 spiro atoms. The SMILES string of the molecule is O=C(COc1ccc2c(=O)c(Oc3ccc(F)cc3)coc2c1)NCc1ccccc1. The molecule has 1 amide bonds. The molecule has 0 atom stereocenters. The fraction of sp³-hybridized carbons (Fsp3) is 0.0833. The van der Waals surface area contributed by atoms with Gasteiger partial charge in [-0.2, -0.15) is 0 Å². The molecule has 7 heteroatoms. The molecule has 0 fully saturated rings. The topological polar surface area (TPSA) is 77.8 Å². The third kappa shape index (κ3) is 5.08. The maximum Gasteiger partial charge on any atom is 0.258 e. The Morgan fingerprint density at radius 3 is 2.48 bits per heavy atom. The third-order valence-corrected chi connectivity index (χ3v) is 4.46. The van der Waals surface area contributed by atoms with Crippen LogP contribution < -0.4 is 20.2 Å². The van der Waals surface area contributed by atoms with Crippen molar-refractivity contribution in [1.82, 2.24) is 5.32 Å². The van der Waals surface area contributed by atoms with E-state index in [4.69, 9.17) is 13.9 Å². The molecule has 0 aliphatic rings. The van der Waals surface area contributed by atoms with E-state index in [1.165, 1.54) is 42.7 Å². The second-order valence-corrected chi connectivity index (χ2v) is 6.69. The molecule has 3 aromatic carbocycles. The van der Waals surface area contributed by atoms with Gasteiger partial charge in [0.25, 0.3) is 5.91 Å². The first-order valence-corrected chi connectivity index (χ1v) is 9.51. The van der Waals surface area contributed by atoms with E-state index < -0.39 is 5.82 Å². The summed E-state index contributed by atoms with van der Waals surface area (Å²) in [5, 5.41) is 3.06. The van der Waals surface area contributed by atoms with Crippen LogP contribution in [0.25, 0.3) is 11.0 Å². The number of benzene rings is 3. The van der Waals surface area contributed by atoms with Crippen LogP contribution >= 0.6 is 0 Å². The van der Waals surface area contributed by atoms with Crippen LogP contribution in [-0.4, -0.2) is 12.5 Å². The maximum absolute atomic E-state index is 13.0. The highest BCUT2D eigenvalue weighted by Crippen LogP contribution is 2.24. The molecule has 0 aliphatic heterocycles. The Labute approximate surface area is 176 Å². The van der Waals surface area contributed by atoms with E-state index in [2.05, 4.69) is 5.32 Å². The molecule has 0 saturated heterocycles. The molecule has 4 aromatic rings. The number of amides is 1. The lowest BCUT2D eigenvalue weighted by Gasteiger charge is -2.09. The molecule has 0 saturated carbocycles. The molecule has 0 radical (unpaired) electrons. The van der Waals surface area contributed by atoms with Crippen LogP contribution in [-0.2, 0) is 11.3 Å². The van der Waals surface area contributed by atoms with Gasteiger partial charge in [-0.25, -0.2) is 4.39 Å². The van der Waals surface area contributed by atoms with Crippen molar-refractivity contribution in [1.29, 1.82) is 0 Å². The molecule has 0 bridgehead atoms. The van der Waals surface area contributed by atoms with Crippen LogP contribution in [0.3, 0.4) is 0 Å². The molecular weight excluding hydrogens is 401 g/mol. The lowest BCUT2D eigenvalue weighted by Crippen LogP contribution is -2.28. The Morgan fingerprint density at radius 1 is 0.968 bits per heavy atom. The van der Waals surface area contributed by atoms with Crippen LogP contribution in [0.15, 0.2) is 88.3 Å². The van der Waals surface area contributed by atoms with Gasteiger partial charge in [0.1, 0.15) is 29.2 Å². The molecule has 1 N–H and O–H groups in total. The second-order valence-electron chi connectivity index (χ2n) is 6.69. The number of hydrogen-bond acceptors (Lipinski definition) is 5. The average Bonchev–Trinajstić information content (AvgIpc) is 2.80. The highest BCUT2D eigenvalue weighted by Gasteiger charge is 2.11. The first kappa shape index (κ1) is 20.2. The van der Waals surface area contributed by atoms with Gasteiger partial charge in [-0.05, 0) is 42.0 Å². The van der Waals surface area contributed by atoms with Gasteiger partial charge >= 0.3 is 0 Å². The first-order valence-electron chi connectivity index (χ1n) is 9.51. The Morgan fingerprint density at radius 2 is 1.71 bits per heavy atom. The van der Waals surface area contributed by atoms with Crippen molar-refractivity contribution in [3.05, 3.63) is 101 Å². The monoisotopic (exact) mass is 419 g/mol. The molecule has 0 unspecified atom stereocenters. The Balaban J connectivity index is 1.40. The molecule has 156 valence electrons. The number of ether oxygens (including phenoxy) is 2. The van der Waals surface area contributed by atoms with Gasteiger partial charge in [0.15, 0.2) is 6.61 Å². The predicted molar refractivity (Wildman–Crippen MR) is 113 cm³/mol. The highest BCUT2D eigenvalue weighted by molar-refractivity contribution is 5.80. The summed E-state index contributed by atoms with van der Waals surface area (Å²) in [5.74, 6) is 0.00733. The fourth-order valence-corrected chi connectivity index (χ4v) is 2.88. The van der Waals surface area contributed by atoms with Gasteiger partial charge in [0.2, 0.25) is 11.2 Å². The molecular formula is C24H18FNO5. The minimum Gasteiger partial charge on any atom is -0.484 e. The lowest BCUT2D eigenvalue weighted by atomic mass is 10.2. The van der Waals surface area contributed by atoms with Gasteiger partial charge < -0.3 is 19.2 Å². The summed E-state index contributed by atoms with van der Waals surface area (Å²) in [6.07, 6.45) is 1.18. The minimum atomic E-state index is -0.404. The summed E-state index contributed by atoms with van der Waals surface area (Å²) in [5.41, 5.74) is 0.901. The first-order chi connectivity index (χ1) is 15.1. The molecule has 4 rings (SSSR count). The normalized spacial score (nSPS) is 10.6. The number of fused-ring (bicyclic) bond motifs is 1. The van der Waals surface area contributed by atoms with Crippen molar-refractivity contribution in [2.45, 2.75) is 6.54 Å². The van der Waals surface area contributed by atoms with Crippen molar-refractivity contribution >= 4 is 16.9 Å². The van der Waals surface area contributed by atoms with Crippen molar-refractivity contribution < 1.29 is 23.1 Å². The average molecular weight is 419 g/mol. The smallest absolute Gasteiger partial charge is 0.258 e. The zero-order valence-electron chi connectivity index (χ0n) is 16.3. The van der Waals surface area contributed by atoms with Gasteiger partial charge in [-0.15, -0.1) is 0 Å². The Kier molecular flexibility index (Phi) is 5.93. The standard InChI is InChI=1S/C24H18FNO5/c25-17-6-8-18(9-7-17)31-22-14-30-21-12-19(10-11-20(21)24(22)28)29-15-23(27)26-13-16-4-2-1-3-5-16/h1-12,14H,13,15H2,(H,26,27). The van der Waals surface area contributed by atoms with Crippen molar-refractivity contribution in [2.24, 2.45) is 0 Å². The number of nitrogens with one attached hydrogen (secondary N) is 1. The van der Waals surface area contributed by atoms with E-state index in [9.17, 15) is 14.0 Å². The largest absolute Gasteiger partial charge is 0.484 e. The van der Waals surface area contributed by atoms with E-state index in [1.54, 1.807) is 6.07 Å². The summed E-state index contributed by atoms with van der Waals surface area (Å²) in [4.78, 5) is 24.6. The summed E-state index contributed by atoms with van der Waals surface area (Å²) in [6, 6.07) is 19.5. The van der Waals surface area contributed by atoms with Crippen molar-refractivity contribution in [3.8, 4) is 17.2 Å². The van der Waals surface area contributed by atoms with E-state index in [0.717, 1.165) is 5.56 Å². The fourth-order valence-electron chi connectivity index (χ4n) is 2.88. The van der Waals surface area contributed by atoms with Crippen LogP contribution in [0, 0.1) is 5.82 Å². The second kappa shape index (κ2) is 9.13. The summed E-state index contributed by atoms with van der Waals surface area (Å²) < 4.78 is 29.5. The maximum atomic E-state index is 13.0. The molecule has 31 heavy (non-hydrogen) atoms. The van der Waals surface area contributed by atoms with Crippen LogP contribution in [0.2, 0.25) is 0 Å². The number of rotatable bonds is 7. The number of halogens is 1. The van der Waals surface area contributed by atoms with Crippen molar-refractivity contribution in [2.75, 3.05) is 6.61 Å². The Hall–Kier alpha value is -4.13. The van der Waals surface area contributed by atoms with Crippen molar-refractivity contribution in [3.63, 3.8) is 0 Å². The summed E-state index contributed by atoms with van der Waals surface area (Å²) >= 11 is 0. The van der Waals surface area contributed by atoms with E-state index in [0.29, 0.717) is 29.0 Å². The van der Waals surface area contributed by atoms with Crippen LogP contribution in [0.4, 0.5) is 4.39 Å². The summed E-state index contributed by atoms with van der Waals surface area (Å²) in [6.45, 7) is 0.237. The molecule has 1 aromatic heterocycles. The van der Waals surface area contributed by atoms with E-state index >= 15 is 0 Å². The van der Waals surface area contributed by atoms with Gasteiger partial charge in [-0.3, -0.25) is 9.59 Å². The minimum absolute atomic E-state index is 0.0203. The Bertz CT molecular complexity index is 1250.